The van der Waals surface area contributed by atoms with E-state index in [0.717, 1.165) is 5.56 Å². The summed E-state index contributed by atoms with van der Waals surface area (Å²) >= 11 is 1.34. The predicted octanol–water partition coefficient (Wildman–Crippen LogP) is 1.44. The number of nitrogens with zero attached hydrogens (tertiary/aromatic N) is 2. The summed E-state index contributed by atoms with van der Waals surface area (Å²) in [6.07, 6.45) is 0. The van der Waals surface area contributed by atoms with E-state index < -0.39 is 9.84 Å². The van der Waals surface area contributed by atoms with Gasteiger partial charge in [-0.15, -0.1) is 0 Å². The van der Waals surface area contributed by atoms with Crippen molar-refractivity contribution in [2.45, 2.75) is 24.8 Å². The van der Waals surface area contributed by atoms with Gasteiger partial charge in [0.05, 0.1) is 17.5 Å². The second-order valence-corrected chi connectivity index (χ2v) is 8.83. The molecule has 118 valence electrons. The van der Waals surface area contributed by atoms with Gasteiger partial charge in [-0.1, -0.05) is 23.9 Å². The molecule has 8 heteroatoms. The van der Waals surface area contributed by atoms with Gasteiger partial charge >= 0.3 is 0 Å². The molecule has 0 radical (unpaired) electrons. The fourth-order valence-corrected chi connectivity index (χ4v) is 6.74. The van der Waals surface area contributed by atoms with Crippen LogP contribution in [0.4, 0.5) is 4.39 Å². The number of carbonyl (C=O) groups excluding carboxylic acids is 1. The summed E-state index contributed by atoms with van der Waals surface area (Å²) in [5.74, 6) is -0.449. The van der Waals surface area contributed by atoms with Gasteiger partial charge < -0.3 is 4.90 Å². The van der Waals surface area contributed by atoms with E-state index in [9.17, 15) is 17.6 Å². The molecule has 2 saturated heterocycles. The Morgan fingerprint density at radius 3 is 2.68 bits per heavy atom. The average molecular weight is 342 g/mol. The molecule has 5 nitrogen and oxygen atoms in total. The first-order valence-corrected chi connectivity index (χ1v) is 9.51. The molecule has 2 fully saturated rings. The van der Waals surface area contributed by atoms with Crippen LogP contribution in [0.2, 0.25) is 0 Å². The summed E-state index contributed by atoms with van der Waals surface area (Å²) in [7, 11) is -3.05. The summed E-state index contributed by atoms with van der Waals surface area (Å²) < 4.78 is 36.6. The maximum absolute atomic E-state index is 13.0. The Bertz CT molecular complexity index is 731. The van der Waals surface area contributed by atoms with Gasteiger partial charge in [-0.3, -0.25) is 4.79 Å². The summed E-state index contributed by atoms with van der Waals surface area (Å²) in [6, 6.07) is 5.86. The Morgan fingerprint density at radius 1 is 1.36 bits per heavy atom. The number of amidine groups is 1. The molecule has 0 saturated carbocycles. The quantitative estimate of drug-likeness (QED) is 0.814. The molecule has 22 heavy (non-hydrogen) atoms. The zero-order valence-corrected chi connectivity index (χ0v) is 13.5. The van der Waals surface area contributed by atoms with E-state index in [4.69, 9.17) is 0 Å². The Balaban J connectivity index is 1.89. The molecule has 0 N–H and O–H groups in total. The number of rotatable bonds is 2. The van der Waals surface area contributed by atoms with Crippen molar-refractivity contribution in [2.75, 3.05) is 11.5 Å². The lowest BCUT2D eigenvalue weighted by atomic mass is 10.1. The van der Waals surface area contributed by atoms with Gasteiger partial charge in [0, 0.05) is 18.7 Å². The van der Waals surface area contributed by atoms with Crippen LogP contribution in [0.5, 0.6) is 0 Å². The van der Waals surface area contributed by atoms with Crippen molar-refractivity contribution in [3.05, 3.63) is 35.6 Å². The number of fused-ring (bicyclic) bond motifs is 1. The van der Waals surface area contributed by atoms with Crippen molar-refractivity contribution in [2.24, 2.45) is 4.99 Å². The predicted molar refractivity (Wildman–Crippen MR) is 83.9 cm³/mol. The molecule has 0 bridgehead atoms. The standard InChI is InChI=1S/C14H15FN2O3S2/c1-9(18)16-14-17(6-10-2-4-11(15)5-3-10)12-7-22(19,20)8-13(12)21-14/h2-5,12-13H,6-8H2,1H3/t12-,13-/m0/s1. The molecule has 1 aromatic carbocycles. The van der Waals surface area contributed by atoms with Crippen LogP contribution in [-0.2, 0) is 21.2 Å². The third-order valence-corrected chi connectivity index (χ3v) is 6.94. The van der Waals surface area contributed by atoms with Gasteiger partial charge in [0.25, 0.3) is 0 Å². The normalized spacial score (nSPS) is 28.1. The van der Waals surface area contributed by atoms with Crippen molar-refractivity contribution in [1.82, 2.24) is 4.90 Å². The number of hydrogen-bond acceptors (Lipinski definition) is 4. The third-order valence-electron chi connectivity index (χ3n) is 3.69. The molecule has 1 aromatic rings. The Morgan fingerprint density at radius 2 is 2.05 bits per heavy atom. The first-order valence-electron chi connectivity index (χ1n) is 6.81. The largest absolute Gasteiger partial charge is 0.342 e. The van der Waals surface area contributed by atoms with Gasteiger partial charge in [0.15, 0.2) is 15.0 Å². The van der Waals surface area contributed by atoms with Gasteiger partial charge in [0.2, 0.25) is 5.91 Å². The van der Waals surface area contributed by atoms with Crippen molar-refractivity contribution >= 4 is 32.7 Å². The number of aliphatic imine (C=N–C) groups is 1. The van der Waals surface area contributed by atoms with Crippen molar-refractivity contribution < 1.29 is 17.6 Å². The topological polar surface area (TPSA) is 66.8 Å². The number of halogens is 1. The van der Waals surface area contributed by atoms with Crippen LogP contribution in [0.25, 0.3) is 0 Å². The number of amides is 1. The van der Waals surface area contributed by atoms with Crippen molar-refractivity contribution in [1.29, 1.82) is 0 Å². The van der Waals surface area contributed by atoms with Gasteiger partial charge in [0.1, 0.15) is 5.82 Å². The molecule has 0 aromatic heterocycles. The highest BCUT2D eigenvalue weighted by Crippen LogP contribution is 2.38. The average Bonchev–Trinajstić information content (AvgIpc) is 2.85. The highest BCUT2D eigenvalue weighted by atomic mass is 32.2. The molecule has 2 aliphatic rings. The minimum Gasteiger partial charge on any atom is -0.342 e. The zero-order valence-electron chi connectivity index (χ0n) is 11.9. The highest BCUT2D eigenvalue weighted by molar-refractivity contribution is 8.15. The summed E-state index contributed by atoms with van der Waals surface area (Å²) in [5, 5.41) is 0.463. The van der Waals surface area contributed by atoms with Crippen molar-refractivity contribution in [3.63, 3.8) is 0 Å². The van der Waals surface area contributed by atoms with E-state index in [2.05, 4.69) is 4.99 Å². The maximum Gasteiger partial charge on any atom is 0.244 e. The molecule has 2 atom stereocenters. The fourth-order valence-electron chi connectivity index (χ4n) is 2.74. The third kappa shape index (κ3) is 3.17. The molecule has 3 rings (SSSR count). The lowest BCUT2D eigenvalue weighted by Gasteiger charge is -2.24. The lowest BCUT2D eigenvalue weighted by molar-refractivity contribution is -0.115. The monoisotopic (exact) mass is 342 g/mol. The van der Waals surface area contributed by atoms with Crippen LogP contribution < -0.4 is 0 Å². The van der Waals surface area contributed by atoms with E-state index in [1.165, 1.54) is 30.8 Å². The number of benzene rings is 1. The van der Waals surface area contributed by atoms with Gasteiger partial charge in [-0.2, -0.15) is 4.99 Å². The van der Waals surface area contributed by atoms with Crippen LogP contribution in [0.15, 0.2) is 29.3 Å². The molecule has 0 unspecified atom stereocenters. The molecular formula is C14H15FN2O3S2. The fraction of sp³-hybridized carbons (Fsp3) is 0.429. The lowest BCUT2D eigenvalue weighted by Crippen LogP contribution is -2.37. The second-order valence-electron chi connectivity index (χ2n) is 5.47. The van der Waals surface area contributed by atoms with E-state index in [1.54, 1.807) is 12.1 Å². The van der Waals surface area contributed by atoms with E-state index in [0.29, 0.717) is 11.7 Å². The van der Waals surface area contributed by atoms with E-state index >= 15 is 0 Å². The highest BCUT2D eigenvalue weighted by Gasteiger charge is 2.48. The molecule has 0 spiro atoms. The second kappa shape index (κ2) is 5.66. The van der Waals surface area contributed by atoms with E-state index in [1.807, 2.05) is 4.90 Å². The first-order chi connectivity index (χ1) is 10.3. The maximum atomic E-state index is 13.0. The van der Waals surface area contributed by atoms with Crippen LogP contribution in [-0.4, -0.2) is 47.2 Å². The Labute approximate surface area is 132 Å². The summed E-state index contributed by atoms with van der Waals surface area (Å²) in [4.78, 5) is 17.1. The van der Waals surface area contributed by atoms with Gasteiger partial charge in [-0.25, -0.2) is 12.8 Å². The molecule has 0 aliphatic carbocycles. The summed E-state index contributed by atoms with van der Waals surface area (Å²) in [6.45, 7) is 1.78. The Hall–Kier alpha value is -1.41. The molecular weight excluding hydrogens is 327 g/mol. The molecule has 2 heterocycles. The van der Waals surface area contributed by atoms with Crippen molar-refractivity contribution in [3.8, 4) is 0 Å². The molecule has 1 amide bonds. The first kappa shape index (κ1) is 15.5. The van der Waals surface area contributed by atoms with Crippen LogP contribution in [0, 0.1) is 5.82 Å². The van der Waals surface area contributed by atoms with E-state index in [-0.39, 0.29) is 34.5 Å². The minimum atomic E-state index is -3.05. The number of hydrogen-bond donors (Lipinski definition) is 0. The Kier molecular flexibility index (Phi) is 3.98. The minimum absolute atomic E-state index is 0.0722. The number of sulfone groups is 1. The molecule has 2 aliphatic heterocycles. The van der Waals surface area contributed by atoms with Crippen LogP contribution in [0.1, 0.15) is 12.5 Å². The van der Waals surface area contributed by atoms with Crippen LogP contribution >= 0.6 is 11.8 Å². The van der Waals surface area contributed by atoms with Gasteiger partial charge in [-0.05, 0) is 17.7 Å². The summed E-state index contributed by atoms with van der Waals surface area (Å²) in [5.41, 5.74) is 0.850. The SMILES string of the molecule is CC(=O)N=C1S[C@H]2CS(=O)(=O)C[C@@H]2N1Cc1ccc(F)cc1. The number of thioether (sulfide) groups is 1. The number of carbonyl (C=O) groups is 1. The zero-order chi connectivity index (χ0) is 15.9. The smallest absolute Gasteiger partial charge is 0.244 e. The van der Waals surface area contributed by atoms with Crippen LogP contribution in [0.3, 0.4) is 0 Å².